The van der Waals surface area contributed by atoms with E-state index in [4.69, 9.17) is 0 Å². The molecule has 7 nitrogen and oxygen atoms in total. The molecule has 0 bridgehead atoms. The van der Waals surface area contributed by atoms with Gasteiger partial charge in [0, 0.05) is 18.8 Å². The average molecular weight is 335 g/mol. The number of rotatable bonds is 6. The molecular weight excluding hydrogens is 320 g/mol. The SMILES string of the molecule is CCCNC(=O)c1c[nH]nc1-c1nc2cc(OC(F)F)ccc2[nH]1. The van der Waals surface area contributed by atoms with Crippen molar-refractivity contribution in [3.8, 4) is 17.3 Å². The van der Waals surface area contributed by atoms with Gasteiger partial charge in [0.05, 0.1) is 16.6 Å². The molecule has 0 saturated heterocycles. The third-order valence-electron chi connectivity index (χ3n) is 3.32. The first-order valence-electron chi connectivity index (χ1n) is 7.35. The Kier molecular flexibility index (Phi) is 4.41. The van der Waals surface area contributed by atoms with Crippen LogP contribution in [0.4, 0.5) is 8.78 Å². The molecule has 0 radical (unpaired) electrons. The highest BCUT2D eigenvalue weighted by atomic mass is 19.3. The van der Waals surface area contributed by atoms with Gasteiger partial charge in [-0.3, -0.25) is 9.89 Å². The minimum Gasteiger partial charge on any atom is -0.435 e. The number of halogens is 2. The fourth-order valence-corrected chi connectivity index (χ4v) is 2.25. The molecule has 0 fully saturated rings. The van der Waals surface area contributed by atoms with Crippen LogP contribution in [-0.2, 0) is 0 Å². The summed E-state index contributed by atoms with van der Waals surface area (Å²) in [7, 11) is 0. The molecule has 24 heavy (non-hydrogen) atoms. The number of nitrogens with zero attached hydrogens (tertiary/aromatic N) is 2. The van der Waals surface area contributed by atoms with Crippen LogP contribution in [0.3, 0.4) is 0 Å². The fraction of sp³-hybridized carbons (Fsp3) is 0.267. The van der Waals surface area contributed by atoms with Gasteiger partial charge >= 0.3 is 6.61 Å². The van der Waals surface area contributed by atoms with Gasteiger partial charge in [0.15, 0.2) is 5.82 Å². The summed E-state index contributed by atoms with van der Waals surface area (Å²) >= 11 is 0. The lowest BCUT2D eigenvalue weighted by atomic mass is 10.2. The van der Waals surface area contributed by atoms with E-state index in [-0.39, 0.29) is 11.7 Å². The number of H-pyrrole nitrogens is 2. The largest absolute Gasteiger partial charge is 0.435 e. The molecule has 9 heteroatoms. The molecule has 3 N–H and O–H groups in total. The Labute approximate surface area is 135 Å². The number of aromatic nitrogens is 4. The van der Waals surface area contributed by atoms with Crippen LogP contribution in [0.5, 0.6) is 5.75 Å². The number of alkyl halides is 2. The number of hydrogen-bond donors (Lipinski definition) is 3. The summed E-state index contributed by atoms with van der Waals surface area (Å²) < 4.78 is 28.9. The Bertz CT molecular complexity index is 859. The molecule has 1 aromatic carbocycles. The maximum Gasteiger partial charge on any atom is 0.387 e. The number of ether oxygens (including phenoxy) is 1. The average Bonchev–Trinajstić information content (AvgIpc) is 3.17. The summed E-state index contributed by atoms with van der Waals surface area (Å²) in [6, 6.07) is 4.38. The van der Waals surface area contributed by atoms with Gasteiger partial charge in [0.2, 0.25) is 0 Å². The van der Waals surface area contributed by atoms with E-state index in [0.717, 1.165) is 6.42 Å². The van der Waals surface area contributed by atoms with Crippen LogP contribution in [0.25, 0.3) is 22.6 Å². The highest BCUT2D eigenvalue weighted by Crippen LogP contribution is 2.25. The van der Waals surface area contributed by atoms with Gasteiger partial charge in [-0.25, -0.2) is 4.98 Å². The smallest absolute Gasteiger partial charge is 0.387 e. The molecule has 0 atom stereocenters. The number of fused-ring (bicyclic) bond motifs is 1. The van der Waals surface area contributed by atoms with Gasteiger partial charge in [-0.15, -0.1) is 0 Å². The van der Waals surface area contributed by atoms with Gasteiger partial charge in [-0.1, -0.05) is 6.92 Å². The van der Waals surface area contributed by atoms with Crippen molar-refractivity contribution >= 4 is 16.9 Å². The predicted molar refractivity (Wildman–Crippen MR) is 82.9 cm³/mol. The summed E-state index contributed by atoms with van der Waals surface area (Å²) in [6.07, 6.45) is 2.30. The highest BCUT2D eigenvalue weighted by Gasteiger charge is 2.18. The molecule has 0 aliphatic carbocycles. The van der Waals surface area contributed by atoms with Crippen molar-refractivity contribution in [2.24, 2.45) is 0 Å². The van der Waals surface area contributed by atoms with E-state index in [0.29, 0.717) is 34.7 Å². The van der Waals surface area contributed by atoms with E-state index in [1.54, 1.807) is 6.07 Å². The van der Waals surface area contributed by atoms with Gasteiger partial charge in [0.1, 0.15) is 11.4 Å². The van der Waals surface area contributed by atoms with Crippen molar-refractivity contribution in [1.29, 1.82) is 0 Å². The minimum atomic E-state index is -2.90. The Hall–Kier alpha value is -2.97. The zero-order chi connectivity index (χ0) is 17.1. The number of hydrogen-bond acceptors (Lipinski definition) is 4. The molecule has 1 amide bonds. The van der Waals surface area contributed by atoms with Crippen molar-refractivity contribution in [1.82, 2.24) is 25.5 Å². The van der Waals surface area contributed by atoms with Crippen molar-refractivity contribution in [2.75, 3.05) is 6.54 Å². The second-order valence-electron chi connectivity index (χ2n) is 5.05. The number of aromatic amines is 2. The van der Waals surface area contributed by atoms with E-state index < -0.39 is 6.61 Å². The molecule has 2 heterocycles. The molecule has 0 spiro atoms. The van der Waals surface area contributed by atoms with Gasteiger partial charge in [-0.05, 0) is 18.6 Å². The Balaban J connectivity index is 1.93. The van der Waals surface area contributed by atoms with Gasteiger partial charge in [-0.2, -0.15) is 13.9 Å². The molecule has 3 rings (SSSR count). The van der Waals surface area contributed by atoms with E-state index >= 15 is 0 Å². The topological polar surface area (TPSA) is 95.7 Å². The maximum absolute atomic E-state index is 12.3. The quantitative estimate of drug-likeness (QED) is 0.645. The van der Waals surface area contributed by atoms with Crippen LogP contribution in [-0.4, -0.2) is 39.2 Å². The Morgan fingerprint density at radius 2 is 2.25 bits per heavy atom. The number of benzene rings is 1. The zero-order valence-electron chi connectivity index (χ0n) is 12.8. The molecular formula is C15H15F2N5O2. The maximum atomic E-state index is 12.3. The molecule has 0 aliphatic rings. The van der Waals surface area contributed by atoms with Crippen molar-refractivity contribution in [3.05, 3.63) is 30.0 Å². The van der Waals surface area contributed by atoms with Crippen molar-refractivity contribution < 1.29 is 18.3 Å². The van der Waals surface area contributed by atoms with Crippen molar-refractivity contribution in [2.45, 2.75) is 20.0 Å². The van der Waals surface area contributed by atoms with Crippen LogP contribution in [0, 0.1) is 0 Å². The van der Waals surface area contributed by atoms with Crippen LogP contribution in [0.1, 0.15) is 23.7 Å². The van der Waals surface area contributed by atoms with Crippen LogP contribution < -0.4 is 10.1 Å². The summed E-state index contributed by atoms with van der Waals surface area (Å²) in [5.41, 5.74) is 1.77. The zero-order valence-corrected chi connectivity index (χ0v) is 12.8. The summed E-state index contributed by atoms with van der Waals surface area (Å²) in [5.74, 6) is 0.114. The predicted octanol–water partition coefficient (Wildman–Crippen LogP) is 2.69. The molecule has 0 unspecified atom stereocenters. The van der Waals surface area contributed by atoms with E-state index in [9.17, 15) is 13.6 Å². The third-order valence-corrected chi connectivity index (χ3v) is 3.32. The number of imidazole rings is 1. The second-order valence-corrected chi connectivity index (χ2v) is 5.05. The standard InChI is InChI=1S/C15H15F2N5O2/c1-2-5-18-14(23)9-7-19-22-12(9)13-20-10-4-3-8(24-15(16)17)6-11(10)21-13/h3-4,6-7,15H,2,5H2,1H3,(H,18,23)(H,19,22)(H,20,21). The number of carbonyl (C=O) groups is 1. The van der Waals surface area contributed by atoms with Crippen LogP contribution in [0.2, 0.25) is 0 Å². The highest BCUT2D eigenvalue weighted by molar-refractivity contribution is 5.99. The lowest BCUT2D eigenvalue weighted by molar-refractivity contribution is -0.0497. The monoisotopic (exact) mass is 335 g/mol. The van der Waals surface area contributed by atoms with E-state index in [2.05, 4.69) is 30.2 Å². The lowest BCUT2D eigenvalue weighted by Crippen LogP contribution is -2.24. The summed E-state index contributed by atoms with van der Waals surface area (Å²) in [5, 5.41) is 9.46. The van der Waals surface area contributed by atoms with Gasteiger partial charge < -0.3 is 15.0 Å². The molecule has 0 saturated carbocycles. The van der Waals surface area contributed by atoms with Crippen molar-refractivity contribution in [3.63, 3.8) is 0 Å². The van der Waals surface area contributed by atoms with Gasteiger partial charge in [0.25, 0.3) is 5.91 Å². The first-order chi connectivity index (χ1) is 11.6. The number of nitrogens with one attached hydrogen (secondary N) is 3. The third kappa shape index (κ3) is 3.19. The second kappa shape index (κ2) is 6.65. The molecule has 2 aromatic heterocycles. The van der Waals surface area contributed by atoms with E-state index in [1.807, 2.05) is 6.92 Å². The van der Waals surface area contributed by atoms with E-state index in [1.165, 1.54) is 18.3 Å². The normalized spacial score (nSPS) is 11.2. The number of amides is 1. The fourth-order valence-electron chi connectivity index (χ4n) is 2.25. The Morgan fingerprint density at radius 3 is 3.00 bits per heavy atom. The first kappa shape index (κ1) is 15.9. The molecule has 3 aromatic rings. The van der Waals surface area contributed by atoms with Crippen LogP contribution in [0.15, 0.2) is 24.4 Å². The Morgan fingerprint density at radius 1 is 1.42 bits per heavy atom. The molecule has 126 valence electrons. The first-order valence-corrected chi connectivity index (χ1v) is 7.35. The van der Waals surface area contributed by atoms with Crippen LogP contribution >= 0.6 is 0 Å². The lowest BCUT2D eigenvalue weighted by Gasteiger charge is -2.02. The summed E-state index contributed by atoms with van der Waals surface area (Å²) in [4.78, 5) is 19.5. The number of carbonyl (C=O) groups excluding carboxylic acids is 1. The minimum absolute atomic E-state index is 0.0125. The molecule has 0 aliphatic heterocycles. The summed E-state index contributed by atoms with van der Waals surface area (Å²) in [6.45, 7) is -0.395.